The molecule has 54 valence electrons. The average Bonchev–Trinajstić information content (AvgIpc) is 1.63. The molecule has 0 aliphatic carbocycles. The van der Waals surface area contributed by atoms with E-state index in [1.54, 1.807) is 0 Å². The summed E-state index contributed by atoms with van der Waals surface area (Å²) in [5.41, 5.74) is 0. The van der Waals surface area contributed by atoms with Crippen molar-refractivity contribution >= 4 is 22.8 Å². The van der Waals surface area contributed by atoms with E-state index in [-0.39, 0.29) is 4.71 Å². The standard InChI is InChI=1S/C6H13AsO2/c1-4(2)3-5(7)6(8)9/h4-5H,3,7H2,1-2H3,(H,8,9)/t5-/m0/s1. The molecule has 1 N–H and O–H groups in total. The van der Waals surface area contributed by atoms with Crippen molar-refractivity contribution in [2.75, 3.05) is 0 Å². The van der Waals surface area contributed by atoms with Crippen LogP contribution in [0.5, 0.6) is 0 Å². The fraction of sp³-hybridized carbons (Fsp3) is 0.833. The van der Waals surface area contributed by atoms with E-state index in [9.17, 15) is 4.79 Å². The zero-order valence-corrected chi connectivity index (χ0v) is 8.22. The maximum atomic E-state index is 10.3. The number of hydrogen-bond acceptors (Lipinski definition) is 1. The Morgan fingerprint density at radius 3 is 2.22 bits per heavy atom. The Morgan fingerprint density at radius 2 is 2.11 bits per heavy atom. The van der Waals surface area contributed by atoms with Crippen LogP contribution < -0.4 is 0 Å². The summed E-state index contributed by atoms with van der Waals surface area (Å²) in [5, 5.41) is 8.45. The fourth-order valence-corrected chi connectivity index (χ4v) is 1.75. The predicted octanol–water partition coefficient (Wildman–Crippen LogP) is 0.539. The van der Waals surface area contributed by atoms with E-state index in [1.165, 1.54) is 16.9 Å². The van der Waals surface area contributed by atoms with Gasteiger partial charge < -0.3 is 0 Å². The van der Waals surface area contributed by atoms with Crippen molar-refractivity contribution in [3.63, 3.8) is 0 Å². The molecule has 1 unspecified atom stereocenters. The molecule has 9 heavy (non-hydrogen) atoms. The molecular weight excluding hydrogens is 179 g/mol. The summed E-state index contributed by atoms with van der Waals surface area (Å²) in [7, 11) is 0. The molecule has 2 nitrogen and oxygen atoms in total. The van der Waals surface area contributed by atoms with Gasteiger partial charge in [0.2, 0.25) is 0 Å². The zero-order valence-electron chi connectivity index (χ0n) is 5.79. The average molecular weight is 192 g/mol. The van der Waals surface area contributed by atoms with Crippen LogP contribution >= 0.6 is 0 Å². The van der Waals surface area contributed by atoms with E-state index in [1.807, 2.05) is 13.8 Å². The number of hydrogen-bond donors (Lipinski definition) is 1. The normalized spacial score (nSPS) is 13.8. The number of aliphatic carboxylic acids is 1. The van der Waals surface area contributed by atoms with E-state index in [2.05, 4.69) is 0 Å². The van der Waals surface area contributed by atoms with Crippen molar-refractivity contribution in [3.8, 4) is 0 Å². The van der Waals surface area contributed by atoms with Crippen molar-refractivity contribution in [2.45, 2.75) is 25.0 Å². The van der Waals surface area contributed by atoms with Crippen LogP contribution in [0.3, 0.4) is 0 Å². The number of carbonyl (C=O) groups is 1. The first kappa shape index (κ1) is 9.03. The van der Waals surface area contributed by atoms with Crippen LogP contribution in [0.25, 0.3) is 0 Å². The molecule has 0 bridgehead atoms. The Balaban J connectivity index is 3.50. The van der Waals surface area contributed by atoms with Gasteiger partial charge in [-0.25, -0.2) is 0 Å². The molecule has 0 aromatic carbocycles. The molecule has 0 saturated heterocycles. The predicted molar refractivity (Wildman–Crippen MR) is 39.4 cm³/mol. The molecule has 0 spiro atoms. The van der Waals surface area contributed by atoms with E-state index >= 15 is 0 Å². The summed E-state index contributed by atoms with van der Waals surface area (Å²) < 4.78 is -0.127. The van der Waals surface area contributed by atoms with Crippen LogP contribution in [0.2, 0.25) is 4.71 Å². The van der Waals surface area contributed by atoms with Gasteiger partial charge in [-0.2, -0.15) is 0 Å². The molecule has 0 radical (unpaired) electrons. The van der Waals surface area contributed by atoms with Crippen molar-refractivity contribution in [1.82, 2.24) is 0 Å². The van der Waals surface area contributed by atoms with Gasteiger partial charge in [-0.05, 0) is 0 Å². The second-order valence-electron chi connectivity index (χ2n) is 2.57. The molecule has 3 heteroatoms. The third kappa shape index (κ3) is 4.53. The van der Waals surface area contributed by atoms with Crippen LogP contribution in [0.15, 0.2) is 0 Å². The third-order valence-electron chi connectivity index (χ3n) is 1.04. The maximum absolute atomic E-state index is 10.3. The van der Waals surface area contributed by atoms with E-state index in [0.29, 0.717) is 5.92 Å². The summed E-state index contributed by atoms with van der Waals surface area (Å²) in [6.45, 7) is 4.07. The van der Waals surface area contributed by atoms with Crippen LogP contribution in [-0.4, -0.2) is 27.9 Å². The SMILES string of the molecule is CC(C)C[C@H]([AsH2])C(=O)O. The number of carboxylic acids is 1. The minimum atomic E-state index is -0.663. The third-order valence-corrected chi connectivity index (χ3v) is 2.21. The summed E-state index contributed by atoms with van der Waals surface area (Å²) in [6.07, 6.45) is 0.801. The molecule has 0 amide bonds. The van der Waals surface area contributed by atoms with Crippen molar-refractivity contribution in [3.05, 3.63) is 0 Å². The van der Waals surface area contributed by atoms with Gasteiger partial charge in [-0.15, -0.1) is 0 Å². The van der Waals surface area contributed by atoms with Gasteiger partial charge in [0, 0.05) is 0 Å². The first-order chi connectivity index (χ1) is 4.04. The summed E-state index contributed by atoms with van der Waals surface area (Å²) in [6, 6.07) is 0. The Hall–Kier alpha value is 0.0284. The molecule has 0 heterocycles. The molecule has 2 atom stereocenters. The van der Waals surface area contributed by atoms with Crippen LogP contribution in [-0.2, 0) is 4.79 Å². The second-order valence-corrected chi connectivity index (χ2v) is 4.26. The molecular formula is C6H13AsO2. The van der Waals surface area contributed by atoms with Gasteiger partial charge in [0.25, 0.3) is 0 Å². The fourth-order valence-electron chi connectivity index (χ4n) is 0.609. The Kier molecular flexibility index (Phi) is 3.96. The van der Waals surface area contributed by atoms with Crippen LogP contribution in [0.1, 0.15) is 20.3 Å². The number of carboxylic acid groups (broad SMARTS) is 1. The second kappa shape index (κ2) is 3.94. The van der Waals surface area contributed by atoms with E-state index in [0.717, 1.165) is 6.42 Å². The van der Waals surface area contributed by atoms with Crippen LogP contribution in [0.4, 0.5) is 0 Å². The zero-order chi connectivity index (χ0) is 7.44. The van der Waals surface area contributed by atoms with Gasteiger partial charge in [0.05, 0.1) is 0 Å². The van der Waals surface area contributed by atoms with Gasteiger partial charge >= 0.3 is 63.6 Å². The molecule has 0 aromatic heterocycles. The van der Waals surface area contributed by atoms with Crippen LogP contribution in [0, 0.1) is 5.92 Å². The van der Waals surface area contributed by atoms with Gasteiger partial charge in [-0.3, -0.25) is 0 Å². The molecule has 0 aliphatic heterocycles. The monoisotopic (exact) mass is 192 g/mol. The van der Waals surface area contributed by atoms with Crippen molar-refractivity contribution < 1.29 is 9.90 Å². The first-order valence-electron chi connectivity index (χ1n) is 3.02. The molecule has 0 aromatic rings. The van der Waals surface area contributed by atoms with Gasteiger partial charge in [-0.1, -0.05) is 0 Å². The molecule has 0 aliphatic rings. The van der Waals surface area contributed by atoms with Gasteiger partial charge in [0.15, 0.2) is 0 Å². The summed E-state index contributed by atoms with van der Waals surface area (Å²) >= 11 is 1.30. The molecule has 0 fully saturated rings. The van der Waals surface area contributed by atoms with E-state index < -0.39 is 5.97 Å². The number of rotatable bonds is 3. The Bertz CT molecular complexity index is 101. The van der Waals surface area contributed by atoms with Crippen molar-refractivity contribution in [1.29, 1.82) is 0 Å². The quantitative estimate of drug-likeness (QED) is 0.662. The van der Waals surface area contributed by atoms with Crippen molar-refractivity contribution in [2.24, 2.45) is 5.92 Å². The van der Waals surface area contributed by atoms with E-state index in [4.69, 9.17) is 5.11 Å². The summed E-state index contributed by atoms with van der Waals surface area (Å²) in [5.74, 6) is -0.165. The molecule has 0 rings (SSSR count). The summed E-state index contributed by atoms with van der Waals surface area (Å²) in [4.78, 5) is 10.3. The Morgan fingerprint density at radius 1 is 1.67 bits per heavy atom. The topological polar surface area (TPSA) is 37.3 Å². The van der Waals surface area contributed by atoms with Gasteiger partial charge in [0.1, 0.15) is 0 Å². The minimum absolute atomic E-state index is 0.127. The Labute approximate surface area is 64.1 Å². The first-order valence-corrected chi connectivity index (χ1v) is 4.42. The molecule has 0 saturated carbocycles.